The van der Waals surface area contributed by atoms with Crippen molar-refractivity contribution < 1.29 is 15.2 Å². The van der Waals surface area contributed by atoms with Gasteiger partial charge in [-0.2, -0.15) is 4.73 Å². The molecule has 0 bridgehead atoms. The number of benzene rings is 1. The zero-order valence-corrected chi connectivity index (χ0v) is 6.91. The summed E-state index contributed by atoms with van der Waals surface area (Å²) < 4.78 is 0.569. The molecule has 6 nitrogen and oxygen atoms in total. The van der Waals surface area contributed by atoms with Gasteiger partial charge in [-0.3, -0.25) is 10.1 Å². The molecule has 0 fully saturated rings. The summed E-state index contributed by atoms with van der Waals surface area (Å²) in [5.74, 6) is -0.347. The van der Waals surface area contributed by atoms with Gasteiger partial charge in [0, 0.05) is 23.6 Å². The van der Waals surface area contributed by atoms with Crippen LogP contribution < -0.4 is 0 Å². The first-order chi connectivity index (χ1) is 6.59. The van der Waals surface area contributed by atoms with E-state index in [1.807, 2.05) is 0 Å². The third-order valence-corrected chi connectivity index (χ3v) is 1.95. The van der Waals surface area contributed by atoms with Crippen LogP contribution in [-0.4, -0.2) is 20.0 Å². The molecule has 6 heteroatoms. The van der Waals surface area contributed by atoms with Crippen LogP contribution in [0.15, 0.2) is 24.3 Å². The van der Waals surface area contributed by atoms with Crippen LogP contribution in [0.4, 0.5) is 5.69 Å². The van der Waals surface area contributed by atoms with Crippen molar-refractivity contribution in [1.29, 1.82) is 0 Å². The number of hydrogen-bond acceptors (Lipinski definition) is 4. The molecule has 0 saturated heterocycles. The maximum absolute atomic E-state index is 10.4. The Balaban J connectivity index is 2.73. The number of nitrogens with zero attached hydrogens (tertiary/aromatic N) is 2. The summed E-state index contributed by atoms with van der Waals surface area (Å²) in [5.41, 5.74) is 0.246. The van der Waals surface area contributed by atoms with E-state index in [0.29, 0.717) is 15.6 Å². The fourth-order valence-electron chi connectivity index (χ4n) is 1.29. The Kier molecular flexibility index (Phi) is 1.57. The molecule has 1 heterocycles. The molecule has 0 amide bonds. The predicted octanol–water partition coefficient (Wildman–Crippen LogP) is 1.49. The smallest absolute Gasteiger partial charge is 0.270 e. The highest BCUT2D eigenvalue weighted by Gasteiger charge is 2.11. The fourth-order valence-corrected chi connectivity index (χ4v) is 1.29. The van der Waals surface area contributed by atoms with E-state index in [2.05, 4.69) is 0 Å². The van der Waals surface area contributed by atoms with Crippen LogP contribution in [0.1, 0.15) is 0 Å². The van der Waals surface area contributed by atoms with Crippen molar-refractivity contribution in [2.45, 2.75) is 0 Å². The first-order valence-electron chi connectivity index (χ1n) is 3.77. The Bertz CT molecular complexity index is 517. The number of nitro benzene ring substituents is 1. The molecule has 2 aromatic rings. The van der Waals surface area contributed by atoms with Crippen LogP contribution in [-0.2, 0) is 0 Å². The SMILES string of the molecule is O=[N+]([O-])c1ccc2c(c1)cc(O)n2O. The second-order valence-electron chi connectivity index (χ2n) is 2.81. The van der Waals surface area contributed by atoms with Crippen molar-refractivity contribution in [3.05, 3.63) is 34.4 Å². The first-order valence-corrected chi connectivity index (χ1v) is 3.77. The van der Waals surface area contributed by atoms with E-state index in [-0.39, 0.29) is 11.6 Å². The van der Waals surface area contributed by atoms with E-state index in [0.717, 1.165) is 0 Å². The largest absolute Gasteiger partial charge is 0.492 e. The van der Waals surface area contributed by atoms with E-state index >= 15 is 0 Å². The van der Waals surface area contributed by atoms with E-state index in [4.69, 9.17) is 5.11 Å². The standard InChI is InChI=1S/C8H6N2O4/c11-8-4-5-3-6(10(13)14)1-2-7(5)9(8)12/h1-4,11-12H. The number of aromatic hydroxyl groups is 1. The molecule has 72 valence electrons. The van der Waals surface area contributed by atoms with Crippen molar-refractivity contribution in [2.75, 3.05) is 0 Å². The summed E-state index contributed by atoms with van der Waals surface area (Å²) in [4.78, 5) is 9.87. The maximum atomic E-state index is 10.4. The van der Waals surface area contributed by atoms with Gasteiger partial charge in [-0.25, -0.2) is 0 Å². The Morgan fingerprint density at radius 1 is 1.36 bits per heavy atom. The summed E-state index contributed by atoms with van der Waals surface area (Å²) in [5, 5.41) is 29.2. The van der Waals surface area contributed by atoms with Gasteiger partial charge in [0.25, 0.3) is 5.69 Å². The zero-order valence-electron chi connectivity index (χ0n) is 6.91. The van der Waals surface area contributed by atoms with Crippen molar-refractivity contribution in [1.82, 2.24) is 4.73 Å². The summed E-state index contributed by atoms with van der Waals surface area (Å²) in [6, 6.07) is 5.16. The van der Waals surface area contributed by atoms with Gasteiger partial charge in [0.05, 0.1) is 10.4 Å². The monoisotopic (exact) mass is 194 g/mol. The topological polar surface area (TPSA) is 88.5 Å². The molecule has 0 aliphatic heterocycles. The normalized spacial score (nSPS) is 10.6. The maximum Gasteiger partial charge on any atom is 0.270 e. The summed E-state index contributed by atoms with van der Waals surface area (Å²) in [6.45, 7) is 0. The average Bonchev–Trinajstić information content (AvgIpc) is 2.42. The number of rotatable bonds is 1. The second-order valence-corrected chi connectivity index (χ2v) is 2.81. The molecule has 0 saturated carbocycles. The lowest BCUT2D eigenvalue weighted by Gasteiger charge is -1.95. The fraction of sp³-hybridized carbons (Fsp3) is 0. The molecule has 1 aromatic carbocycles. The van der Waals surface area contributed by atoms with Gasteiger partial charge in [-0.1, -0.05) is 0 Å². The Morgan fingerprint density at radius 2 is 2.07 bits per heavy atom. The minimum atomic E-state index is -0.537. The molecule has 0 aliphatic rings. The molecule has 0 unspecified atom stereocenters. The number of fused-ring (bicyclic) bond motifs is 1. The summed E-state index contributed by atoms with van der Waals surface area (Å²) in [7, 11) is 0. The molecular weight excluding hydrogens is 188 g/mol. The predicted molar refractivity (Wildman–Crippen MR) is 47.4 cm³/mol. The Labute approximate surface area is 77.7 Å². The Morgan fingerprint density at radius 3 is 2.71 bits per heavy atom. The Hall–Kier alpha value is -2.24. The third kappa shape index (κ3) is 1.05. The minimum absolute atomic E-state index is 0.0805. The lowest BCUT2D eigenvalue weighted by molar-refractivity contribution is -0.384. The molecule has 14 heavy (non-hydrogen) atoms. The highest BCUT2D eigenvalue weighted by Crippen LogP contribution is 2.26. The second kappa shape index (κ2) is 2.63. The van der Waals surface area contributed by atoms with Gasteiger partial charge >= 0.3 is 0 Å². The molecule has 1 aromatic heterocycles. The first kappa shape index (κ1) is 8.36. The van der Waals surface area contributed by atoms with Crippen molar-refractivity contribution in [3.8, 4) is 5.88 Å². The molecule has 0 atom stereocenters. The third-order valence-electron chi connectivity index (χ3n) is 1.95. The lowest BCUT2D eigenvalue weighted by Crippen LogP contribution is -1.89. The van der Waals surface area contributed by atoms with E-state index in [1.165, 1.54) is 24.3 Å². The number of non-ortho nitro benzene ring substituents is 1. The van der Waals surface area contributed by atoms with E-state index in [1.54, 1.807) is 0 Å². The van der Waals surface area contributed by atoms with Crippen LogP contribution in [0.3, 0.4) is 0 Å². The zero-order chi connectivity index (χ0) is 10.3. The molecule has 2 rings (SSSR count). The van der Waals surface area contributed by atoms with Gasteiger partial charge in [-0.15, -0.1) is 0 Å². The van der Waals surface area contributed by atoms with E-state index in [9.17, 15) is 15.3 Å². The number of nitro groups is 1. The van der Waals surface area contributed by atoms with Gasteiger partial charge in [-0.05, 0) is 6.07 Å². The van der Waals surface area contributed by atoms with Crippen LogP contribution in [0, 0.1) is 10.1 Å². The minimum Gasteiger partial charge on any atom is -0.492 e. The highest BCUT2D eigenvalue weighted by atomic mass is 16.6. The molecule has 0 spiro atoms. The van der Waals surface area contributed by atoms with Crippen molar-refractivity contribution >= 4 is 16.6 Å². The van der Waals surface area contributed by atoms with E-state index < -0.39 is 4.92 Å². The van der Waals surface area contributed by atoms with Crippen LogP contribution in [0.5, 0.6) is 5.88 Å². The van der Waals surface area contributed by atoms with Gasteiger partial charge in [0.2, 0.25) is 5.88 Å². The van der Waals surface area contributed by atoms with Gasteiger partial charge in [0.15, 0.2) is 0 Å². The quantitative estimate of drug-likeness (QED) is 0.409. The van der Waals surface area contributed by atoms with Gasteiger partial charge in [0.1, 0.15) is 0 Å². The molecule has 0 radical (unpaired) electrons. The summed E-state index contributed by atoms with van der Waals surface area (Å²) >= 11 is 0. The lowest BCUT2D eigenvalue weighted by atomic mass is 10.2. The molecule has 2 N–H and O–H groups in total. The van der Waals surface area contributed by atoms with Gasteiger partial charge < -0.3 is 10.3 Å². The van der Waals surface area contributed by atoms with Crippen molar-refractivity contribution in [2.24, 2.45) is 0 Å². The average molecular weight is 194 g/mol. The highest BCUT2D eigenvalue weighted by molar-refractivity contribution is 5.84. The van der Waals surface area contributed by atoms with Crippen LogP contribution >= 0.6 is 0 Å². The molecule has 0 aliphatic carbocycles. The van der Waals surface area contributed by atoms with Crippen LogP contribution in [0.25, 0.3) is 10.9 Å². The summed E-state index contributed by atoms with van der Waals surface area (Å²) in [6.07, 6.45) is 0. The van der Waals surface area contributed by atoms with Crippen LogP contribution in [0.2, 0.25) is 0 Å². The van der Waals surface area contributed by atoms with Crippen molar-refractivity contribution in [3.63, 3.8) is 0 Å². The number of aromatic nitrogens is 1. The molecular formula is C8H6N2O4. The number of hydrogen-bond donors (Lipinski definition) is 2.